The normalized spacial score (nSPS) is 14.0. The van der Waals surface area contributed by atoms with Crippen molar-refractivity contribution >= 4 is 6.29 Å². The van der Waals surface area contributed by atoms with E-state index in [-0.39, 0.29) is 6.04 Å². The highest BCUT2D eigenvalue weighted by Crippen LogP contribution is 2.04. The molecule has 0 heterocycles. The Hall–Kier alpha value is -0.410. The maximum atomic E-state index is 10.5. The summed E-state index contributed by atoms with van der Waals surface area (Å²) in [6.45, 7) is 5.34. The second kappa shape index (κ2) is 5.27. The number of hydrogen-bond acceptors (Lipinski definition) is 3. The third-order valence-corrected chi connectivity index (χ3v) is 1.71. The maximum absolute atomic E-state index is 10.5. The van der Waals surface area contributed by atoms with Gasteiger partial charge in [-0.05, 0) is 13.0 Å². The Morgan fingerprint density at radius 1 is 1.55 bits per heavy atom. The van der Waals surface area contributed by atoms with E-state index in [9.17, 15) is 4.79 Å². The van der Waals surface area contributed by atoms with Gasteiger partial charge in [-0.1, -0.05) is 13.8 Å². The summed E-state index contributed by atoms with van der Waals surface area (Å²) in [7, 11) is 1.89. The molecule has 0 rings (SSSR count). The minimum Gasteiger partial charge on any atom is -0.329 e. The lowest BCUT2D eigenvalue weighted by atomic mass is 10.1. The molecule has 3 nitrogen and oxygen atoms in total. The molecule has 0 aromatic carbocycles. The molecule has 0 amide bonds. The van der Waals surface area contributed by atoms with Gasteiger partial charge >= 0.3 is 0 Å². The van der Waals surface area contributed by atoms with E-state index in [1.165, 1.54) is 0 Å². The topological polar surface area (TPSA) is 46.3 Å². The molecule has 0 spiro atoms. The fourth-order valence-corrected chi connectivity index (χ4v) is 1.08. The maximum Gasteiger partial charge on any atom is 0.217 e. The number of rotatable bonds is 5. The van der Waals surface area contributed by atoms with Crippen molar-refractivity contribution in [3.8, 4) is 0 Å². The van der Waals surface area contributed by atoms with Gasteiger partial charge in [0.1, 0.15) is 0 Å². The highest BCUT2D eigenvalue weighted by atomic mass is 16.1. The van der Waals surface area contributed by atoms with Crippen molar-refractivity contribution in [2.75, 3.05) is 20.1 Å². The fourth-order valence-electron chi connectivity index (χ4n) is 1.08. The first-order valence-corrected chi connectivity index (χ1v) is 3.91. The van der Waals surface area contributed by atoms with Crippen molar-refractivity contribution in [2.45, 2.75) is 19.9 Å². The summed E-state index contributed by atoms with van der Waals surface area (Å²) in [5.74, 6) is 0.309. The van der Waals surface area contributed by atoms with Crippen LogP contribution in [-0.4, -0.2) is 37.4 Å². The van der Waals surface area contributed by atoms with E-state index in [0.29, 0.717) is 12.5 Å². The summed E-state index contributed by atoms with van der Waals surface area (Å²) in [6.07, 6.45) is 2.01. The van der Waals surface area contributed by atoms with Gasteiger partial charge in [0.05, 0.1) is 6.04 Å². The third-order valence-electron chi connectivity index (χ3n) is 1.71. The molecule has 0 saturated carbocycles. The zero-order chi connectivity index (χ0) is 8.85. The van der Waals surface area contributed by atoms with Gasteiger partial charge < -0.3 is 5.73 Å². The first kappa shape index (κ1) is 10.6. The van der Waals surface area contributed by atoms with E-state index in [0.717, 1.165) is 6.54 Å². The number of nitrogens with zero attached hydrogens (tertiary/aromatic N) is 1. The second-order valence-corrected chi connectivity index (χ2v) is 3.08. The van der Waals surface area contributed by atoms with Crippen molar-refractivity contribution in [3.63, 3.8) is 0 Å². The van der Waals surface area contributed by atoms with Gasteiger partial charge in [0.15, 0.2) is 0 Å². The SMILES string of the molecule is CC(C)[C@@H]([C]=O)N(C)CCN. The lowest BCUT2D eigenvalue weighted by molar-refractivity contribution is 0.248. The van der Waals surface area contributed by atoms with Crippen LogP contribution >= 0.6 is 0 Å². The first-order valence-electron chi connectivity index (χ1n) is 3.91. The molecule has 0 aromatic rings. The molecule has 1 atom stereocenters. The van der Waals surface area contributed by atoms with Crippen LogP contribution in [0.4, 0.5) is 0 Å². The van der Waals surface area contributed by atoms with Gasteiger partial charge in [-0.15, -0.1) is 0 Å². The van der Waals surface area contributed by atoms with Crippen molar-refractivity contribution in [1.82, 2.24) is 4.90 Å². The van der Waals surface area contributed by atoms with Crippen LogP contribution in [0.25, 0.3) is 0 Å². The van der Waals surface area contributed by atoms with Crippen LogP contribution in [0, 0.1) is 5.92 Å². The Balaban J connectivity index is 3.91. The molecular formula is C8H17N2O. The summed E-state index contributed by atoms with van der Waals surface area (Å²) >= 11 is 0. The number of carbonyl (C=O) groups excluding carboxylic acids is 1. The summed E-state index contributed by atoms with van der Waals surface area (Å²) in [5.41, 5.74) is 5.35. The largest absolute Gasteiger partial charge is 0.329 e. The molecule has 2 N–H and O–H groups in total. The van der Waals surface area contributed by atoms with E-state index in [1.807, 2.05) is 32.1 Å². The fraction of sp³-hybridized carbons (Fsp3) is 0.875. The molecule has 3 heteroatoms. The van der Waals surface area contributed by atoms with Gasteiger partial charge in [0.2, 0.25) is 6.29 Å². The Labute approximate surface area is 68.6 Å². The highest BCUT2D eigenvalue weighted by Gasteiger charge is 2.17. The molecule has 0 aliphatic heterocycles. The van der Waals surface area contributed by atoms with E-state index in [1.54, 1.807) is 0 Å². The number of nitrogens with two attached hydrogens (primary N) is 1. The smallest absolute Gasteiger partial charge is 0.217 e. The number of likely N-dealkylation sites (N-methyl/N-ethyl adjacent to an activating group) is 1. The predicted octanol–water partition coefficient (Wildman–Crippen LogP) is 0.0112. The molecule has 0 unspecified atom stereocenters. The summed E-state index contributed by atoms with van der Waals surface area (Å²) in [6, 6.07) is -0.112. The molecule has 0 bridgehead atoms. The minimum absolute atomic E-state index is 0.112. The standard InChI is InChI=1S/C8H17N2O/c1-7(2)8(6-11)10(3)5-4-9/h7-8H,4-5,9H2,1-3H3/t8-/m1/s1. The molecular weight excluding hydrogens is 140 g/mol. The summed E-state index contributed by atoms with van der Waals surface area (Å²) < 4.78 is 0. The summed E-state index contributed by atoms with van der Waals surface area (Å²) in [5, 5.41) is 0. The van der Waals surface area contributed by atoms with E-state index in [4.69, 9.17) is 5.73 Å². The lowest BCUT2D eigenvalue weighted by Crippen LogP contribution is -2.39. The molecule has 0 aliphatic carbocycles. The molecule has 65 valence electrons. The predicted molar refractivity (Wildman–Crippen MR) is 46.0 cm³/mol. The Kier molecular flexibility index (Phi) is 5.07. The Bertz CT molecular complexity index is 115. The van der Waals surface area contributed by atoms with Gasteiger partial charge in [-0.3, -0.25) is 9.69 Å². The second-order valence-electron chi connectivity index (χ2n) is 3.08. The van der Waals surface area contributed by atoms with Crippen LogP contribution < -0.4 is 5.73 Å². The van der Waals surface area contributed by atoms with Crippen molar-refractivity contribution in [2.24, 2.45) is 11.7 Å². The average molecular weight is 157 g/mol. The molecule has 0 aliphatic rings. The van der Waals surface area contributed by atoms with Crippen molar-refractivity contribution in [1.29, 1.82) is 0 Å². The highest BCUT2D eigenvalue weighted by molar-refractivity contribution is 5.58. The zero-order valence-electron chi connectivity index (χ0n) is 7.50. The zero-order valence-corrected chi connectivity index (χ0v) is 7.50. The Morgan fingerprint density at radius 2 is 2.09 bits per heavy atom. The van der Waals surface area contributed by atoms with Gasteiger partial charge in [0, 0.05) is 13.1 Å². The monoisotopic (exact) mass is 157 g/mol. The minimum atomic E-state index is -0.112. The van der Waals surface area contributed by atoms with Gasteiger partial charge in [-0.2, -0.15) is 0 Å². The van der Waals surface area contributed by atoms with Crippen LogP contribution in [0.1, 0.15) is 13.8 Å². The molecule has 0 fully saturated rings. The molecule has 0 saturated heterocycles. The van der Waals surface area contributed by atoms with Gasteiger partial charge in [-0.25, -0.2) is 0 Å². The van der Waals surface area contributed by atoms with Crippen molar-refractivity contribution < 1.29 is 4.79 Å². The lowest BCUT2D eigenvalue weighted by Gasteiger charge is -2.24. The average Bonchev–Trinajstić information content (AvgIpc) is 1.88. The quantitative estimate of drug-likeness (QED) is 0.611. The van der Waals surface area contributed by atoms with E-state index < -0.39 is 0 Å². The van der Waals surface area contributed by atoms with Crippen LogP contribution in [0.3, 0.4) is 0 Å². The van der Waals surface area contributed by atoms with Crippen LogP contribution in [0.2, 0.25) is 0 Å². The van der Waals surface area contributed by atoms with Crippen LogP contribution in [-0.2, 0) is 4.79 Å². The van der Waals surface area contributed by atoms with Crippen LogP contribution in [0.5, 0.6) is 0 Å². The Morgan fingerprint density at radius 3 is 2.36 bits per heavy atom. The van der Waals surface area contributed by atoms with Crippen LogP contribution in [0.15, 0.2) is 0 Å². The summed E-state index contributed by atoms with van der Waals surface area (Å²) in [4.78, 5) is 12.4. The molecule has 11 heavy (non-hydrogen) atoms. The van der Waals surface area contributed by atoms with E-state index in [2.05, 4.69) is 0 Å². The first-order chi connectivity index (χ1) is 5.13. The van der Waals surface area contributed by atoms with Gasteiger partial charge in [0.25, 0.3) is 0 Å². The molecule has 0 aromatic heterocycles. The molecule has 1 radical (unpaired) electrons. The number of hydrogen-bond donors (Lipinski definition) is 1. The van der Waals surface area contributed by atoms with E-state index >= 15 is 0 Å². The third kappa shape index (κ3) is 3.49. The van der Waals surface area contributed by atoms with Crippen molar-refractivity contribution in [3.05, 3.63) is 0 Å².